The molecule has 0 aliphatic carbocycles. The molecule has 1 aromatic carbocycles. The maximum atomic E-state index is 12.7. The minimum Gasteiger partial charge on any atom is -0.504 e. The molecule has 1 aromatic rings. The van der Waals surface area contributed by atoms with Gasteiger partial charge in [-0.05, 0) is 44.4 Å². The third-order valence-corrected chi connectivity index (χ3v) is 5.58. The first-order chi connectivity index (χ1) is 12.6. The zero-order chi connectivity index (χ0) is 19.8. The number of ether oxygens (including phenoxy) is 3. The maximum Gasteiger partial charge on any atom is 0.254 e. The molecule has 3 rings (SSSR count). The first kappa shape index (κ1) is 19.9. The minimum absolute atomic E-state index is 0.0524. The number of carbonyl (C=O) groups is 1. The van der Waals surface area contributed by atoms with Gasteiger partial charge in [0.1, 0.15) is 0 Å². The number of carbonyl (C=O) groups excluding carboxylic acids is 1. The molecular formula is C20H29NO6. The predicted octanol–water partition coefficient (Wildman–Crippen LogP) is 1.69. The zero-order valence-electron chi connectivity index (χ0n) is 16.4. The molecular weight excluding hydrogens is 350 g/mol. The van der Waals surface area contributed by atoms with Gasteiger partial charge in [-0.1, -0.05) is 13.0 Å². The Labute approximate surface area is 159 Å². The fourth-order valence-corrected chi connectivity index (χ4v) is 3.79. The lowest BCUT2D eigenvalue weighted by atomic mass is 9.80. The van der Waals surface area contributed by atoms with Crippen LogP contribution >= 0.6 is 0 Å². The summed E-state index contributed by atoms with van der Waals surface area (Å²) in [5.41, 5.74) is 0.404. The summed E-state index contributed by atoms with van der Waals surface area (Å²) in [7, 11) is 1.49. The van der Waals surface area contributed by atoms with Crippen molar-refractivity contribution in [2.24, 2.45) is 5.41 Å². The number of benzene rings is 1. The topological polar surface area (TPSA) is 88.5 Å². The molecule has 0 spiro atoms. The fourth-order valence-electron chi connectivity index (χ4n) is 3.79. The van der Waals surface area contributed by atoms with Crippen LogP contribution in [0.1, 0.15) is 32.8 Å². The maximum absolute atomic E-state index is 12.7. The summed E-state index contributed by atoms with van der Waals surface area (Å²) < 4.78 is 16.2. The number of amides is 1. The smallest absolute Gasteiger partial charge is 0.254 e. The normalized spacial score (nSPS) is 28.3. The highest BCUT2D eigenvalue weighted by atomic mass is 16.7. The van der Waals surface area contributed by atoms with Gasteiger partial charge in [0.2, 0.25) is 0 Å². The Hall–Kier alpha value is -1.83. The quantitative estimate of drug-likeness (QED) is 0.810. The second-order valence-corrected chi connectivity index (χ2v) is 8.21. The van der Waals surface area contributed by atoms with Crippen LogP contribution < -0.4 is 4.74 Å². The minimum atomic E-state index is -0.737. The first-order valence-corrected chi connectivity index (χ1v) is 9.28. The predicted molar refractivity (Wildman–Crippen MR) is 98.6 cm³/mol. The number of hydrogen-bond donors (Lipinski definition) is 2. The molecule has 1 unspecified atom stereocenters. The Morgan fingerprint density at radius 1 is 1.41 bits per heavy atom. The zero-order valence-corrected chi connectivity index (χ0v) is 16.4. The summed E-state index contributed by atoms with van der Waals surface area (Å²) in [6.45, 7) is 6.89. The Morgan fingerprint density at radius 2 is 2.15 bits per heavy atom. The summed E-state index contributed by atoms with van der Waals surface area (Å²) in [5, 5.41) is 20.7. The second kappa shape index (κ2) is 7.30. The van der Waals surface area contributed by atoms with Gasteiger partial charge in [0.05, 0.1) is 19.8 Å². The highest BCUT2D eigenvalue weighted by Gasteiger charge is 2.45. The Bertz CT molecular complexity index is 706. The Morgan fingerprint density at radius 3 is 2.74 bits per heavy atom. The van der Waals surface area contributed by atoms with Gasteiger partial charge in [-0.15, -0.1) is 0 Å². The van der Waals surface area contributed by atoms with Crippen LogP contribution in [0.3, 0.4) is 0 Å². The van der Waals surface area contributed by atoms with E-state index in [-0.39, 0.29) is 18.3 Å². The van der Waals surface area contributed by atoms with Crippen molar-refractivity contribution in [1.82, 2.24) is 4.90 Å². The van der Waals surface area contributed by atoms with E-state index in [1.807, 2.05) is 13.0 Å². The molecule has 1 amide bonds. The molecule has 0 bridgehead atoms. The van der Waals surface area contributed by atoms with Crippen molar-refractivity contribution >= 4 is 5.91 Å². The molecule has 27 heavy (non-hydrogen) atoms. The first-order valence-electron chi connectivity index (χ1n) is 9.28. The molecule has 3 atom stereocenters. The number of nitrogens with zero attached hydrogens (tertiary/aromatic N) is 1. The van der Waals surface area contributed by atoms with E-state index >= 15 is 0 Å². The number of aliphatic hydroxyl groups is 1. The van der Waals surface area contributed by atoms with E-state index in [1.54, 1.807) is 30.9 Å². The molecule has 7 heteroatoms. The Balaban J connectivity index is 1.62. The van der Waals surface area contributed by atoms with E-state index in [1.165, 1.54) is 7.11 Å². The lowest BCUT2D eigenvalue weighted by Gasteiger charge is -2.31. The van der Waals surface area contributed by atoms with Crippen LogP contribution in [0.2, 0.25) is 0 Å². The molecule has 7 nitrogen and oxygen atoms in total. The molecule has 2 aliphatic rings. The van der Waals surface area contributed by atoms with Crippen molar-refractivity contribution in [3.8, 4) is 11.5 Å². The third-order valence-electron chi connectivity index (χ3n) is 5.58. The highest BCUT2D eigenvalue weighted by Crippen LogP contribution is 2.37. The van der Waals surface area contributed by atoms with Crippen LogP contribution in [0.25, 0.3) is 0 Å². The number of aromatic hydroxyl groups is 1. The van der Waals surface area contributed by atoms with E-state index < -0.39 is 23.4 Å². The summed E-state index contributed by atoms with van der Waals surface area (Å²) in [6, 6.07) is 5.12. The molecule has 2 aliphatic heterocycles. The van der Waals surface area contributed by atoms with Crippen molar-refractivity contribution in [3.05, 3.63) is 23.8 Å². The summed E-state index contributed by atoms with van der Waals surface area (Å²) in [5.74, 6) is -0.367. The van der Waals surface area contributed by atoms with Crippen LogP contribution in [-0.2, 0) is 20.7 Å². The highest BCUT2D eigenvalue weighted by molar-refractivity contribution is 5.81. The van der Waals surface area contributed by atoms with E-state index in [4.69, 9.17) is 14.2 Å². The van der Waals surface area contributed by atoms with Gasteiger partial charge >= 0.3 is 0 Å². The number of phenolic OH excluding ortho intramolecular Hbond substituents is 1. The SMILES string of the molecule is COc1ccc(C[C@@H](O)C2(C)CCN(C(=O)[C@@H]3COC(C)(C)O3)C2)cc1O. The lowest BCUT2D eigenvalue weighted by Crippen LogP contribution is -2.43. The second-order valence-electron chi connectivity index (χ2n) is 8.21. The standard InChI is InChI=1S/C20H29NO6/c1-19(2)26-11-16(27-19)18(24)21-8-7-20(3,12-21)17(23)10-13-5-6-15(25-4)14(22)9-13/h5-6,9,16-17,22-23H,7-8,10-12H2,1-4H3/t16-,17+,20?/m0/s1. The van der Waals surface area contributed by atoms with Crippen molar-refractivity contribution in [2.75, 3.05) is 26.8 Å². The number of rotatable bonds is 5. The van der Waals surface area contributed by atoms with Crippen molar-refractivity contribution in [2.45, 2.75) is 51.6 Å². The van der Waals surface area contributed by atoms with Crippen LogP contribution in [0, 0.1) is 5.41 Å². The van der Waals surface area contributed by atoms with Crippen molar-refractivity contribution in [1.29, 1.82) is 0 Å². The Kier molecular flexibility index (Phi) is 5.38. The third kappa shape index (κ3) is 4.20. The van der Waals surface area contributed by atoms with Gasteiger partial charge < -0.3 is 29.3 Å². The summed E-state index contributed by atoms with van der Waals surface area (Å²) in [4.78, 5) is 14.5. The van der Waals surface area contributed by atoms with Crippen molar-refractivity contribution < 1.29 is 29.2 Å². The van der Waals surface area contributed by atoms with Gasteiger partial charge in [0.15, 0.2) is 23.4 Å². The lowest BCUT2D eigenvalue weighted by molar-refractivity contribution is -0.159. The van der Waals surface area contributed by atoms with Crippen LogP contribution in [-0.4, -0.2) is 65.8 Å². The number of methoxy groups -OCH3 is 1. The van der Waals surface area contributed by atoms with Crippen LogP contribution in [0.5, 0.6) is 11.5 Å². The molecule has 0 aromatic heterocycles. The summed E-state index contributed by atoms with van der Waals surface area (Å²) in [6.07, 6.45) is -0.121. The van der Waals surface area contributed by atoms with Crippen LogP contribution in [0.4, 0.5) is 0 Å². The molecule has 0 radical (unpaired) electrons. The van der Waals surface area contributed by atoms with E-state index in [9.17, 15) is 15.0 Å². The van der Waals surface area contributed by atoms with E-state index in [0.29, 0.717) is 31.7 Å². The average molecular weight is 379 g/mol. The van der Waals surface area contributed by atoms with E-state index in [2.05, 4.69) is 0 Å². The van der Waals surface area contributed by atoms with Gasteiger partial charge in [-0.3, -0.25) is 4.79 Å². The van der Waals surface area contributed by atoms with E-state index in [0.717, 1.165) is 5.56 Å². The van der Waals surface area contributed by atoms with Gasteiger partial charge in [-0.2, -0.15) is 0 Å². The molecule has 2 saturated heterocycles. The number of aliphatic hydroxyl groups excluding tert-OH is 1. The summed E-state index contributed by atoms with van der Waals surface area (Å²) >= 11 is 0. The number of phenols is 1. The largest absolute Gasteiger partial charge is 0.504 e. The number of likely N-dealkylation sites (tertiary alicyclic amines) is 1. The molecule has 2 N–H and O–H groups in total. The average Bonchev–Trinajstić information content (AvgIpc) is 3.18. The van der Waals surface area contributed by atoms with Crippen molar-refractivity contribution in [3.63, 3.8) is 0 Å². The van der Waals surface area contributed by atoms with Crippen LogP contribution in [0.15, 0.2) is 18.2 Å². The monoisotopic (exact) mass is 379 g/mol. The van der Waals surface area contributed by atoms with Gasteiger partial charge in [-0.25, -0.2) is 0 Å². The van der Waals surface area contributed by atoms with Gasteiger partial charge in [0.25, 0.3) is 5.91 Å². The fraction of sp³-hybridized carbons (Fsp3) is 0.650. The molecule has 0 saturated carbocycles. The molecule has 150 valence electrons. The molecule has 2 fully saturated rings. The number of hydrogen-bond acceptors (Lipinski definition) is 6. The van der Waals surface area contributed by atoms with Gasteiger partial charge in [0, 0.05) is 18.5 Å². The molecule has 2 heterocycles.